The van der Waals surface area contributed by atoms with Crippen LogP contribution < -0.4 is 5.32 Å². The van der Waals surface area contributed by atoms with Gasteiger partial charge in [-0.15, -0.1) is 5.10 Å². The van der Waals surface area contributed by atoms with Crippen molar-refractivity contribution in [3.63, 3.8) is 0 Å². The molecule has 3 aliphatic heterocycles. The molecular weight excluding hydrogens is 350 g/mol. The van der Waals surface area contributed by atoms with Crippen LogP contribution >= 0.6 is 0 Å². The number of piperidine rings is 3. The maximum atomic E-state index is 12.8. The minimum absolute atomic E-state index is 0.0835. The normalized spacial score (nSPS) is 28.9. The van der Waals surface area contributed by atoms with E-state index in [4.69, 9.17) is 0 Å². The molecule has 1 unspecified atom stereocenters. The number of amides is 1. The number of nitrogens with zero attached hydrogens (tertiary/aromatic N) is 4. The molecular formula is C22H27N5O. The van der Waals surface area contributed by atoms with Crippen molar-refractivity contribution in [3.8, 4) is 0 Å². The minimum atomic E-state index is 0.0835. The molecule has 6 nitrogen and oxygen atoms in total. The van der Waals surface area contributed by atoms with Crippen LogP contribution in [-0.4, -0.2) is 44.9 Å². The van der Waals surface area contributed by atoms with E-state index in [1.54, 1.807) is 0 Å². The second-order valence-corrected chi connectivity index (χ2v) is 8.34. The summed E-state index contributed by atoms with van der Waals surface area (Å²) in [6.45, 7) is 2.79. The summed E-state index contributed by atoms with van der Waals surface area (Å²) < 4.78 is 2.00. The molecule has 1 aliphatic carbocycles. The standard InChI is InChI=1S/C22H27N5O/c28-22(23-18-8-2-1-3-9-18)20-14-26-11-10-17(20)12-19(26)13-27-15-21(24-25-27)16-6-4-5-7-16/h1-3,6,8-9,15,17,19-20H,4-5,7,10-14H2,(H,23,28)/t17-,19+,20+/m0/s1. The Balaban J connectivity index is 1.21. The summed E-state index contributed by atoms with van der Waals surface area (Å²) in [5.74, 6) is 0.704. The molecule has 4 aliphatic rings. The van der Waals surface area contributed by atoms with Crippen LogP contribution in [0.15, 0.2) is 42.6 Å². The number of para-hydroxylation sites is 1. The maximum absolute atomic E-state index is 12.8. The number of benzene rings is 1. The Labute approximate surface area is 165 Å². The number of fused-ring (bicyclic) bond motifs is 3. The van der Waals surface area contributed by atoms with E-state index in [0.717, 1.165) is 56.7 Å². The van der Waals surface area contributed by atoms with Gasteiger partial charge in [-0.25, -0.2) is 0 Å². The quantitative estimate of drug-likeness (QED) is 0.869. The fraction of sp³-hybridized carbons (Fsp3) is 0.500. The Bertz CT molecular complexity index is 874. The van der Waals surface area contributed by atoms with Gasteiger partial charge in [0.2, 0.25) is 5.91 Å². The zero-order chi connectivity index (χ0) is 18.9. The summed E-state index contributed by atoms with van der Waals surface area (Å²) in [6, 6.07) is 10.2. The molecule has 0 radical (unpaired) electrons. The molecule has 2 bridgehead atoms. The Hall–Kier alpha value is -2.47. The first-order valence-electron chi connectivity index (χ1n) is 10.5. The highest BCUT2D eigenvalue weighted by molar-refractivity contribution is 5.93. The predicted octanol–water partition coefficient (Wildman–Crippen LogP) is 3.19. The topological polar surface area (TPSA) is 63.1 Å². The third kappa shape index (κ3) is 3.49. The van der Waals surface area contributed by atoms with E-state index in [1.165, 1.54) is 12.0 Å². The lowest BCUT2D eigenvalue weighted by Crippen LogP contribution is -2.57. The molecule has 1 aromatic heterocycles. The summed E-state index contributed by atoms with van der Waals surface area (Å²) in [5.41, 5.74) is 3.26. The van der Waals surface area contributed by atoms with Gasteiger partial charge in [-0.3, -0.25) is 14.4 Å². The van der Waals surface area contributed by atoms with Crippen LogP contribution in [0.2, 0.25) is 0 Å². The van der Waals surface area contributed by atoms with Crippen LogP contribution in [0.4, 0.5) is 5.69 Å². The van der Waals surface area contributed by atoms with Gasteiger partial charge in [-0.05, 0) is 62.3 Å². The third-order valence-electron chi connectivity index (χ3n) is 6.56. The fourth-order valence-corrected chi connectivity index (χ4v) is 5.04. The Morgan fingerprint density at radius 1 is 1.25 bits per heavy atom. The van der Waals surface area contributed by atoms with Crippen LogP contribution in [0, 0.1) is 11.8 Å². The van der Waals surface area contributed by atoms with Crippen molar-refractivity contribution in [2.24, 2.45) is 11.8 Å². The molecule has 3 saturated heterocycles. The van der Waals surface area contributed by atoms with Gasteiger partial charge in [0, 0.05) is 18.3 Å². The lowest BCUT2D eigenvalue weighted by Gasteiger charge is -2.49. The summed E-state index contributed by atoms with van der Waals surface area (Å²) in [5, 5.41) is 11.8. The van der Waals surface area contributed by atoms with Crippen LogP contribution in [-0.2, 0) is 11.3 Å². The minimum Gasteiger partial charge on any atom is -0.326 e. The Morgan fingerprint density at radius 3 is 2.89 bits per heavy atom. The summed E-state index contributed by atoms with van der Waals surface area (Å²) in [4.78, 5) is 15.3. The molecule has 4 atom stereocenters. The number of rotatable bonds is 5. The number of carbonyl (C=O) groups is 1. The highest BCUT2D eigenvalue weighted by Gasteiger charge is 2.43. The zero-order valence-corrected chi connectivity index (χ0v) is 16.1. The first-order valence-corrected chi connectivity index (χ1v) is 10.5. The van der Waals surface area contributed by atoms with Crippen molar-refractivity contribution in [1.82, 2.24) is 19.9 Å². The molecule has 2 aromatic rings. The van der Waals surface area contributed by atoms with Gasteiger partial charge in [0.25, 0.3) is 0 Å². The van der Waals surface area contributed by atoms with Gasteiger partial charge in [0.15, 0.2) is 0 Å². The van der Waals surface area contributed by atoms with Crippen molar-refractivity contribution < 1.29 is 4.79 Å². The van der Waals surface area contributed by atoms with E-state index in [9.17, 15) is 4.79 Å². The number of nitrogens with one attached hydrogen (secondary N) is 1. The van der Waals surface area contributed by atoms with Gasteiger partial charge in [0.05, 0.1) is 18.7 Å². The molecule has 1 aromatic carbocycles. The second-order valence-electron chi connectivity index (χ2n) is 8.34. The highest BCUT2D eigenvalue weighted by atomic mass is 16.2. The van der Waals surface area contributed by atoms with Gasteiger partial charge >= 0.3 is 0 Å². The lowest BCUT2D eigenvalue weighted by molar-refractivity contribution is -0.127. The van der Waals surface area contributed by atoms with Gasteiger partial charge in [-0.2, -0.15) is 0 Å². The van der Waals surface area contributed by atoms with Crippen LogP contribution in [0.3, 0.4) is 0 Å². The largest absolute Gasteiger partial charge is 0.326 e. The average molecular weight is 377 g/mol. The summed E-state index contributed by atoms with van der Waals surface area (Å²) in [6.07, 6.45) is 10.1. The molecule has 28 heavy (non-hydrogen) atoms. The monoisotopic (exact) mass is 377 g/mol. The third-order valence-corrected chi connectivity index (χ3v) is 6.56. The molecule has 6 heteroatoms. The van der Waals surface area contributed by atoms with Crippen molar-refractivity contribution >= 4 is 17.2 Å². The smallest absolute Gasteiger partial charge is 0.229 e. The van der Waals surface area contributed by atoms with Crippen LogP contribution in [0.25, 0.3) is 5.57 Å². The van der Waals surface area contributed by atoms with E-state index in [1.807, 2.05) is 35.0 Å². The van der Waals surface area contributed by atoms with E-state index in [2.05, 4.69) is 32.8 Å². The first-order chi connectivity index (χ1) is 13.8. The number of anilines is 1. The van der Waals surface area contributed by atoms with Crippen LogP contribution in [0.1, 0.15) is 37.8 Å². The van der Waals surface area contributed by atoms with E-state index in [0.29, 0.717) is 12.0 Å². The van der Waals surface area contributed by atoms with Gasteiger partial charge in [0.1, 0.15) is 5.69 Å². The zero-order valence-electron chi connectivity index (χ0n) is 16.1. The lowest BCUT2D eigenvalue weighted by atomic mass is 9.75. The summed E-state index contributed by atoms with van der Waals surface area (Å²) >= 11 is 0. The first kappa shape index (κ1) is 17.6. The Morgan fingerprint density at radius 2 is 2.14 bits per heavy atom. The number of aromatic nitrogens is 3. The van der Waals surface area contributed by atoms with Crippen molar-refractivity contribution in [1.29, 1.82) is 0 Å². The van der Waals surface area contributed by atoms with Crippen LogP contribution in [0.5, 0.6) is 0 Å². The van der Waals surface area contributed by atoms with Crippen molar-refractivity contribution in [3.05, 3.63) is 48.3 Å². The van der Waals surface area contributed by atoms with E-state index < -0.39 is 0 Å². The molecule has 1 amide bonds. The molecule has 1 N–H and O–H groups in total. The molecule has 146 valence electrons. The highest BCUT2D eigenvalue weighted by Crippen LogP contribution is 2.37. The maximum Gasteiger partial charge on any atom is 0.229 e. The number of carbonyl (C=O) groups excluding carboxylic acids is 1. The predicted molar refractivity (Wildman–Crippen MR) is 108 cm³/mol. The number of allylic oxidation sites excluding steroid dienone is 2. The van der Waals surface area contributed by atoms with Crippen molar-refractivity contribution in [2.75, 3.05) is 18.4 Å². The van der Waals surface area contributed by atoms with Gasteiger partial charge < -0.3 is 5.32 Å². The SMILES string of the molecule is O=C(Nc1ccccc1)[C@@H]1CN2CC[C@H]1C[C@@H]2Cn1cc(C2=CCCC2)nn1. The molecule has 0 spiro atoms. The molecule has 0 saturated carbocycles. The average Bonchev–Trinajstić information content (AvgIpc) is 3.41. The van der Waals surface area contributed by atoms with E-state index in [-0.39, 0.29) is 11.8 Å². The molecule has 3 fully saturated rings. The molecule has 6 rings (SSSR count). The fourth-order valence-electron chi connectivity index (χ4n) is 5.04. The van der Waals surface area contributed by atoms with Gasteiger partial charge in [-0.1, -0.05) is 29.5 Å². The number of hydrogen-bond acceptors (Lipinski definition) is 4. The molecule has 4 heterocycles. The summed E-state index contributed by atoms with van der Waals surface area (Å²) in [7, 11) is 0. The van der Waals surface area contributed by atoms with E-state index >= 15 is 0 Å². The number of hydrogen-bond donors (Lipinski definition) is 1. The van der Waals surface area contributed by atoms with Crippen molar-refractivity contribution in [2.45, 2.75) is 44.7 Å². The second kappa shape index (κ2) is 7.51. The Kier molecular flexibility index (Phi) is 4.72.